The molecule has 0 radical (unpaired) electrons. The maximum absolute atomic E-state index is 5.36. The maximum atomic E-state index is 5.36. The second kappa shape index (κ2) is 6.09. The van der Waals surface area contributed by atoms with E-state index in [1.54, 1.807) is 18.4 Å². The topological polar surface area (TPSA) is 37.4 Å². The van der Waals surface area contributed by atoms with Gasteiger partial charge in [-0.05, 0) is 18.3 Å². The molecule has 0 unspecified atom stereocenters. The van der Waals surface area contributed by atoms with Gasteiger partial charge in [-0.25, -0.2) is 0 Å². The molecule has 1 aromatic rings. The zero-order valence-electron chi connectivity index (χ0n) is 12.5. The second-order valence-electron chi connectivity index (χ2n) is 5.94. The Morgan fingerprint density at radius 3 is 2.63 bits per heavy atom. The number of ether oxygens (including phenoxy) is 1. The highest BCUT2D eigenvalue weighted by atomic mass is 32.1. The monoisotopic (exact) mass is 283 g/mol. The molecule has 1 N–H and O–H groups in total. The van der Waals surface area contributed by atoms with Gasteiger partial charge in [-0.3, -0.25) is 0 Å². The average molecular weight is 283 g/mol. The summed E-state index contributed by atoms with van der Waals surface area (Å²) in [7, 11) is 5.71. The lowest BCUT2D eigenvalue weighted by atomic mass is 9.89. The molecule has 0 aromatic carbocycles. The van der Waals surface area contributed by atoms with E-state index in [4.69, 9.17) is 4.74 Å². The zero-order chi connectivity index (χ0) is 13.9. The van der Waals surface area contributed by atoms with Gasteiger partial charge in [0.25, 0.3) is 0 Å². The van der Waals surface area contributed by atoms with Crippen LogP contribution in [0.2, 0.25) is 0 Å². The van der Waals surface area contributed by atoms with Crippen molar-refractivity contribution in [1.29, 1.82) is 0 Å². The SMILES string of the molecule is COc1nc(N(C)C)sc1CNCC1(C)CCCC1. The van der Waals surface area contributed by atoms with Gasteiger partial charge in [0.15, 0.2) is 5.13 Å². The van der Waals surface area contributed by atoms with Gasteiger partial charge in [-0.15, -0.1) is 0 Å². The summed E-state index contributed by atoms with van der Waals surface area (Å²) in [5.41, 5.74) is 0.488. The molecule has 0 atom stereocenters. The predicted molar refractivity (Wildman–Crippen MR) is 81.3 cm³/mol. The highest BCUT2D eigenvalue weighted by molar-refractivity contribution is 7.15. The van der Waals surface area contributed by atoms with Gasteiger partial charge in [0.05, 0.1) is 12.0 Å². The van der Waals surface area contributed by atoms with E-state index < -0.39 is 0 Å². The third kappa shape index (κ3) is 3.60. The van der Waals surface area contributed by atoms with E-state index in [0.717, 1.165) is 24.1 Å². The molecule has 0 spiro atoms. The lowest BCUT2D eigenvalue weighted by molar-refractivity contribution is 0.313. The molecule has 1 aromatic heterocycles. The number of thiazole rings is 1. The highest BCUT2D eigenvalue weighted by Gasteiger charge is 2.28. The Morgan fingerprint density at radius 1 is 1.37 bits per heavy atom. The first-order chi connectivity index (χ1) is 9.04. The largest absolute Gasteiger partial charge is 0.480 e. The quantitative estimate of drug-likeness (QED) is 0.871. The van der Waals surface area contributed by atoms with E-state index in [0.29, 0.717) is 5.41 Å². The van der Waals surface area contributed by atoms with Gasteiger partial charge in [0, 0.05) is 27.2 Å². The molecule has 2 rings (SSSR count). The maximum Gasteiger partial charge on any atom is 0.230 e. The van der Waals surface area contributed by atoms with Crippen molar-refractivity contribution in [3.63, 3.8) is 0 Å². The summed E-state index contributed by atoms with van der Waals surface area (Å²) in [5.74, 6) is 0.762. The van der Waals surface area contributed by atoms with Crippen LogP contribution in [0.3, 0.4) is 0 Å². The molecule has 0 saturated heterocycles. The van der Waals surface area contributed by atoms with E-state index in [2.05, 4.69) is 17.2 Å². The van der Waals surface area contributed by atoms with Crippen LogP contribution in [0.25, 0.3) is 0 Å². The number of anilines is 1. The number of nitrogens with one attached hydrogen (secondary N) is 1. The molecule has 1 aliphatic carbocycles. The van der Waals surface area contributed by atoms with Crippen molar-refractivity contribution < 1.29 is 4.74 Å². The van der Waals surface area contributed by atoms with E-state index in [-0.39, 0.29) is 0 Å². The van der Waals surface area contributed by atoms with Gasteiger partial charge in [0.2, 0.25) is 5.88 Å². The minimum atomic E-state index is 0.488. The zero-order valence-corrected chi connectivity index (χ0v) is 13.3. The molecular weight excluding hydrogens is 258 g/mol. The molecule has 0 bridgehead atoms. The molecule has 19 heavy (non-hydrogen) atoms. The fourth-order valence-corrected chi connectivity index (χ4v) is 3.59. The summed E-state index contributed by atoms with van der Waals surface area (Å²) in [5, 5.41) is 4.58. The Kier molecular flexibility index (Phi) is 4.68. The van der Waals surface area contributed by atoms with Crippen LogP contribution >= 0.6 is 11.3 Å². The Labute approximate surface area is 120 Å². The van der Waals surface area contributed by atoms with Crippen LogP contribution in [-0.4, -0.2) is 32.7 Å². The van der Waals surface area contributed by atoms with Crippen LogP contribution in [0.1, 0.15) is 37.5 Å². The van der Waals surface area contributed by atoms with Crippen LogP contribution in [0.4, 0.5) is 5.13 Å². The number of hydrogen-bond acceptors (Lipinski definition) is 5. The van der Waals surface area contributed by atoms with Gasteiger partial charge in [-0.2, -0.15) is 4.98 Å². The summed E-state index contributed by atoms with van der Waals surface area (Å²) in [6, 6.07) is 0. The summed E-state index contributed by atoms with van der Waals surface area (Å²) >= 11 is 1.70. The minimum absolute atomic E-state index is 0.488. The summed E-state index contributed by atoms with van der Waals surface area (Å²) < 4.78 is 5.36. The summed E-state index contributed by atoms with van der Waals surface area (Å²) in [6.07, 6.45) is 5.46. The molecule has 0 amide bonds. The van der Waals surface area contributed by atoms with Gasteiger partial charge in [0.1, 0.15) is 0 Å². The lowest BCUT2D eigenvalue weighted by Crippen LogP contribution is -2.28. The van der Waals surface area contributed by atoms with E-state index in [1.165, 1.54) is 30.6 Å². The Bertz CT molecular complexity index is 411. The van der Waals surface area contributed by atoms with Crippen molar-refractivity contribution in [1.82, 2.24) is 10.3 Å². The van der Waals surface area contributed by atoms with Crippen molar-refractivity contribution in [2.75, 3.05) is 32.6 Å². The van der Waals surface area contributed by atoms with E-state index in [9.17, 15) is 0 Å². The Hall–Kier alpha value is -0.810. The predicted octanol–water partition coefficient (Wildman–Crippen LogP) is 2.89. The fraction of sp³-hybridized carbons (Fsp3) is 0.786. The number of methoxy groups -OCH3 is 1. The fourth-order valence-electron chi connectivity index (χ4n) is 2.67. The van der Waals surface area contributed by atoms with Gasteiger partial charge in [-0.1, -0.05) is 31.1 Å². The van der Waals surface area contributed by atoms with Crippen LogP contribution < -0.4 is 15.0 Å². The molecule has 0 aliphatic heterocycles. The summed E-state index contributed by atoms with van der Waals surface area (Å²) in [4.78, 5) is 7.69. The van der Waals surface area contributed by atoms with Crippen molar-refractivity contribution in [2.24, 2.45) is 5.41 Å². The third-order valence-electron chi connectivity index (χ3n) is 3.87. The second-order valence-corrected chi connectivity index (χ2v) is 7.01. The van der Waals surface area contributed by atoms with Crippen LogP contribution in [0.5, 0.6) is 5.88 Å². The van der Waals surface area contributed by atoms with Crippen LogP contribution in [0, 0.1) is 5.41 Å². The molecule has 1 fully saturated rings. The average Bonchev–Trinajstić information content (AvgIpc) is 2.96. The number of rotatable bonds is 6. The van der Waals surface area contributed by atoms with Crippen molar-refractivity contribution in [3.8, 4) is 5.88 Å². The molecule has 1 heterocycles. The van der Waals surface area contributed by atoms with Crippen LogP contribution in [-0.2, 0) is 6.54 Å². The van der Waals surface area contributed by atoms with Crippen LogP contribution in [0.15, 0.2) is 0 Å². The molecule has 4 nitrogen and oxygen atoms in total. The van der Waals surface area contributed by atoms with E-state index in [1.807, 2.05) is 19.0 Å². The first-order valence-corrected chi connectivity index (χ1v) is 7.77. The third-order valence-corrected chi connectivity index (χ3v) is 5.08. The molecular formula is C14H25N3OS. The Balaban J connectivity index is 1.91. The first-order valence-electron chi connectivity index (χ1n) is 6.96. The smallest absolute Gasteiger partial charge is 0.230 e. The van der Waals surface area contributed by atoms with Gasteiger partial charge < -0.3 is 15.0 Å². The standard InChI is InChI=1S/C14H25N3OS/c1-14(7-5-6-8-14)10-15-9-11-12(18-4)16-13(19-11)17(2)3/h15H,5-10H2,1-4H3. The lowest BCUT2D eigenvalue weighted by Gasteiger charge is -2.23. The van der Waals surface area contributed by atoms with E-state index >= 15 is 0 Å². The Morgan fingerprint density at radius 2 is 2.05 bits per heavy atom. The minimum Gasteiger partial charge on any atom is -0.480 e. The molecule has 1 aliphatic rings. The molecule has 108 valence electrons. The number of nitrogens with zero attached hydrogens (tertiary/aromatic N) is 2. The molecule has 5 heteroatoms. The normalized spacial score (nSPS) is 17.7. The number of hydrogen-bond donors (Lipinski definition) is 1. The van der Waals surface area contributed by atoms with Crippen molar-refractivity contribution >= 4 is 16.5 Å². The highest BCUT2D eigenvalue weighted by Crippen LogP contribution is 2.37. The van der Waals surface area contributed by atoms with Gasteiger partial charge >= 0.3 is 0 Å². The molecule has 1 saturated carbocycles. The summed E-state index contributed by atoms with van der Waals surface area (Å²) in [6.45, 7) is 4.33. The van der Waals surface area contributed by atoms with Crippen molar-refractivity contribution in [2.45, 2.75) is 39.2 Å². The number of aromatic nitrogens is 1. The van der Waals surface area contributed by atoms with Crippen molar-refractivity contribution in [3.05, 3.63) is 4.88 Å². The first kappa shape index (κ1) is 14.6.